The summed E-state index contributed by atoms with van der Waals surface area (Å²) >= 11 is 0. The van der Waals surface area contributed by atoms with Crippen molar-refractivity contribution in [3.05, 3.63) is 0 Å². The maximum absolute atomic E-state index is 9.24. The van der Waals surface area contributed by atoms with Crippen molar-refractivity contribution in [3.63, 3.8) is 0 Å². The third-order valence-electron chi connectivity index (χ3n) is 3.96. The Hall–Kier alpha value is -0.0800. The van der Waals surface area contributed by atoms with Crippen LogP contribution in [-0.4, -0.2) is 35.2 Å². The van der Waals surface area contributed by atoms with Gasteiger partial charge in [0, 0.05) is 18.7 Å². The average molecular weight is 197 g/mol. The third kappa shape index (κ3) is 1.96. The molecule has 14 heavy (non-hydrogen) atoms. The van der Waals surface area contributed by atoms with Gasteiger partial charge in [0.15, 0.2) is 0 Å². The van der Waals surface area contributed by atoms with Crippen molar-refractivity contribution in [3.8, 4) is 0 Å². The van der Waals surface area contributed by atoms with Crippen LogP contribution in [0.3, 0.4) is 0 Å². The lowest BCUT2D eigenvalue weighted by Gasteiger charge is -2.48. The minimum absolute atomic E-state index is 0.410. The van der Waals surface area contributed by atoms with E-state index in [0.717, 1.165) is 12.1 Å². The molecule has 0 radical (unpaired) electrons. The first-order valence-electron chi connectivity index (χ1n) is 6.21. The first-order chi connectivity index (χ1) is 6.85. The molecule has 2 heteroatoms. The first kappa shape index (κ1) is 10.4. The predicted octanol–water partition coefficient (Wildman–Crippen LogP) is 2.02. The van der Waals surface area contributed by atoms with Gasteiger partial charge < -0.3 is 5.11 Å². The van der Waals surface area contributed by atoms with Crippen LogP contribution >= 0.6 is 0 Å². The van der Waals surface area contributed by atoms with Crippen LogP contribution in [0.2, 0.25) is 0 Å². The zero-order valence-electron chi connectivity index (χ0n) is 9.28. The van der Waals surface area contributed by atoms with E-state index in [9.17, 15) is 5.11 Å². The molecule has 2 rings (SSSR count). The molecular formula is C12H23NO. The molecule has 0 amide bonds. The summed E-state index contributed by atoms with van der Waals surface area (Å²) in [7, 11) is 0. The summed E-state index contributed by atoms with van der Waals surface area (Å²) in [5, 5.41) is 9.24. The van der Waals surface area contributed by atoms with Gasteiger partial charge in [-0.1, -0.05) is 13.3 Å². The van der Waals surface area contributed by atoms with Crippen molar-refractivity contribution in [1.29, 1.82) is 0 Å². The van der Waals surface area contributed by atoms with Gasteiger partial charge in [-0.15, -0.1) is 0 Å². The summed E-state index contributed by atoms with van der Waals surface area (Å²) in [6, 6.07) is 1.58. The zero-order chi connectivity index (χ0) is 9.97. The van der Waals surface area contributed by atoms with E-state index in [2.05, 4.69) is 11.8 Å². The maximum Gasteiger partial charge on any atom is 0.0460 e. The molecule has 1 unspecified atom stereocenters. The highest BCUT2D eigenvalue weighted by molar-refractivity contribution is 4.91. The van der Waals surface area contributed by atoms with Gasteiger partial charge in [0.25, 0.3) is 0 Å². The lowest BCUT2D eigenvalue weighted by Crippen LogP contribution is -2.52. The van der Waals surface area contributed by atoms with Crippen LogP contribution in [-0.2, 0) is 0 Å². The highest BCUT2D eigenvalue weighted by Gasteiger charge is 2.36. The molecule has 0 spiro atoms. The summed E-state index contributed by atoms with van der Waals surface area (Å²) in [5.41, 5.74) is 0. The molecular weight excluding hydrogens is 174 g/mol. The first-order valence-corrected chi connectivity index (χ1v) is 6.21. The van der Waals surface area contributed by atoms with Crippen molar-refractivity contribution in [2.75, 3.05) is 13.2 Å². The number of piperidine rings is 2. The molecule has 1 N–H and O–H groups in total. The van der Waals surface area contributed by atoms with Crippen molar-refractivity contribution in [2.45, 2.75) is 57.5 Å². The van der Waals surface area contributed by atoms with Crippen LogP contribution < -0.4 is 0 Å². The molecule has 0 saturated carbocycles. The van der Waals surface area contributed by atoms with Crippen molar-refractivity contribution in [2.24, 2.45) is 5.92 Å². The Labute approximate surface area is 87.3 Å². The second-order valence-electron chi connectivity index (χ2n) is 5.00. The SMILES string of the molecule is CCCN1[C@@H]2CCC[C@H]1CC(CO)C2. The van der Waals surface area contributed by atoms with E-state index < -0.39 is 0 Å². The Bertz CT molecular complexity index is 169. The summed E-state index contributed by atoms with van der Waals surface area (Å²) < 4.78 is 0. The van der Waals surface area contributed by atoms with Crippen LogP contribution in [0.15, 0.2) is 0 Å². The van der Waals surface area contributed by atoms with Gasteiger partial charge in [-0.05, 0) is 44.6 Å². The van der Waals surface area contributed by atoms with Gasteiger partial charge >= 0.3 is 0 Å². The van der Waals surface area contributed by atoms with Gasteiger partial charge in [-0.25, -0.2) is 0 Å². The van der Waals surface area contributed by atoms with Crippen molar-refractivity contribution in [1.82, 2.24) is 4.90 Å². The molecule has 2 aliphatic heterocycles. The summed E-state index contributed by atoms with van der Waals surface area (Å²) in [6.45, 7) is 3.95. The standard InChI is InChI=1S/C12H23NO/c1-2-6-13-11-4-3-5-12(13)8-10(7-11)9-14/h10-12,14H,2-9H2,1H3/t10?,11-,12+. The van der Waals surface area contributed by atoms with E-state index in [1.54, 1.807) is 0 Å². The van der Waals surface area contributed by atoms with Gasteiger partial charge in [-0.3, -0.25) is 4.90 Å². The quantitative estimate of drug-likeness (QED) is 0.748. The Morgan fingerprint density at radius 1 is 1.21 bits per heavy atom. The third-order valence-corrected chi connectivity index (χ3v) is 3.96. The lowest BCUT2D eigenvalue weighted by molar-refractivity contribution is -0.000815. The molecule has 0 aromatic carbocycles. The Kier molecular flexibility index (Phi) is 3.45. The van der Waals surface area contributed by atoms with Gasteiger partial charge in [0.05, 0.1) is 0 Å². The fraction of sp³-hybridized carbons (Fsp3) is 1.00. The largest absolute Gasteiger partial charge is 0.396 e. The highest BCUT2D eigenvalue weighted by atomic mass is 16.3. The monoisotopic (exact) mass is 197 g/mol. The zero-order valence-corrected chi connectivity index (χ0v) is 9.28. The summed E-state index contributed by atoms with van der Waals surface area (Å²) in [6.07, 6.45) is 7.91. The number of nitrogens with zero attached hydrogens (tertiary/aromatic N) is 1. The maximum atomic E-state index is 9.24. The molecule has 0 aromatic heterocycles. The summed E-state index contributed by atoms with van der Waals surface area (Å²) in [5.74, 6) is 0.596. The average Bonchev–Trinajstić information content (AvgIpc) is 2.17. The van der Waals surface area contributed by atoms with Crippen LogP contribution in [0.5, 0.6) is 0 Å². The number of hydrogen-bond acceptors (Lipinski definition) is 2. The van der Waals surface area contributed by atoms with Crippen LogP contribution in [0.25, 0.3) is 0 Å². The number of fused-ring (bicyclic) bond motifs is 2. The highest BCUT2D eigenvalue weighted by Crippen LogP contribution is 2.36. The van der Waals surface area contributed by atoms with E-state index in [1.807, 2.05) is 0 Å². The van der Waals surface area contributed by atoms with E-state index >= 15 is 0 Å². The molecule has 0 aromatic rings. The van der Waals surface area contributed by atoms with Gasteiger partial charge in [-0.2, -0.15) is 0 Å². The smallest absolute Gasteiger partial charge is 0.0460 e. The van der Waals surface area contributed by atoms with E-state index in [-0.39, 0.29) is 0 Å². The molecule has 2 heterocycles. The fourth-order valence-corrected chi connectivity index (χ4v) is 3.36. The van der Waals surface area contributed by atoms with E-state index in [1.165, 1.54) is 45.1 Å². The van der Waals surface area contributed by atoms with Crippen LogP contribution in [0.4, 0.5) is 0 Å². The van der Waals surface area contributed by atoms with Crippen molar-refractivity contribution < 1.29 is 5.11 Å². The predicted molar refractivity (Wildman–Crippen MR) is 58.2 cm³/mol. The Balaban J connectivity index is 1.99. The topological polar surface area (TPSA) is 23.5 Å². The van der Waals surface area contributed by atoms with Crippen LogP contribution in [0.1, 0.15) is 45.4 Å². The lowest BCUT2D eigenvalue weighted by atomic mass is 9.78. The number of hydrogen-bond donors (Lipinski definition) is 1. The molecule has 2 fully saturated rings. The minimum atomic E-state index is 0.410. The number of aliphatic hydroxyl groups excluding tert-OH is 1. The fourth-order valence-electron chi connectivity index (χ4n) is 3.36. The summed E-state index contributed by atoms with van der Waals surface area (Å²) in [4.78, 5) is 2.72. The second-order valence-corrected chi connectivity index (χ2v) is 5.00. The van der Waals surface area contributed by atoms with Crippen molar-refractivity contribution >= 4 is 0 Å². The number of rotatable bonds is 3. The molecule has 2 nitrogen and oxygen atoms in total. The molecule has 2 saturated heterocycles. The normalized spacial score (nSPS) is 38.6. The van der Waals surface area contributed by atoms with Gasteiger partial charge in [0.1, 0.15) is 0 Å². The Morgan fingerprint density at radius 2 is 1.86 bits per heavy atom. The van der Waals surface area contributed by atoms with E-state index in [4.69, 9.17) is 0 Å². The second kappa shape index (κ2) is 4.63. The van der Waals surface area contributed by atoms with Gasteiger partial charge in [0.2, 0.25) is 0 Å². The van der Waals surface area contributed by atoms with Crippen LogP contribution in [0, 0.1) is 5.92 Å². The van der Waals surface area contributed by atoms with E-state index in [0.29, 0.717) is 12.5 Å². The Morgan fingerprint density at radius 3 is 2.36 bits per heavy atom. The molecule has 3 atom stereocenters. The molecule has 0 aliphatic carbocycles. The minimum Gasteiger partial charge on any atom is -0.396 e. The molecule has 2 aliphatic rings. The number of aliphatic hydroxyl groups is 1. The molecule has 82 valence electrons. The molecule has 2 bridgehead atoms.